The van der Waals surface area contributed by atoms with Crippen molar-refractivity contribution in [3.05, 3.63) is 71.8 Å². The summed E-state index contributed by atoms with van der Waals surface area (Å²) in [6, 6.07) is 20.3. The predicted molar refractivity (Wildman–Crippen MR) is 117 cm³/mol. The molecule has 0 bridgehead atoms. The van der Waals surface area contributed by atoms with E-state index in [0.717, 1.165) is 37.7 Å². The van der Waals surface area contributed by atoms with Crippen molar-refractivity contribution in [1.82, 2.24) is 4.90 Å². The van der Waals surface area contributed by atoms with Crippen LogP contribution in [0.25, 0.3) is 0 Å². The average molecular weight is 409 g/mol. The third kappa shape index (κ3) is 5.21. The second kappa shape index (κ2) is 10.1. The summed E-state index contributed by atoms with van der Waals surface area (Å²) in [4.78, 5) is 14.4. The van der Waals surface area contributed by atoms with Crippen LogP contribution in [0.1, 0.15) is 49.1 Å². The first-order valence-corrected chi connectivity index (χ1v) is 11.1. The molecule has 30 heavy (non-hydrogen) atoms. The van der Waals surface area contributed by atoms with E-state index in [1.807, 2.05) is 30.3 Å². The normalized spacial score (nSPS) is 26.5. The first kappa shape index (κ1) is 20.9. The van der Waals surface area contributed by atoms with E-state index in [4.69, 9.17) is 15.2 Å². The minimum absolute atomic E-state index is 0.0602. The van der Waals surface area contributed by atoms with Crippen molar-refractivity contribution in [3.63, 3.8) is 0 Å². The van der Waals surface area contributed by atoms with Crippen LogP contribution >= 0.6 is 0 Å². The summed E-state index contributed by atoms with van der Waals surface area (Å²) in [6.07, 6.45) is 5.14. The third-order valence-corrected chi connectivity index (χ3v) is 6.49. The molecule has 1 heterocycles. The van der Waals surface area contributed by atoms with E-state index in [1.165, 1.54) is 5.56 Å². The number of rotatable bonds is 6. The molecule has 2 atom stereocenters. The number of carbonyl (C=O) groups excluding carboxylic acids is 1. The van der Waals surface area contributed by atoms with Gasteiger partial charge in [-0.25, -0.2) is 4.79 Å². The molecule has 2 fully saturated rings. The summed E-state index contributed by atoms with van der Waals surface area (Å²) >= 11 is 0. The molecular weight excluding hydrogens is 376 g/mol. The Labute approximate surface area is 179 Å². The van der Waals surface area contributed by atoms with Crippen LogP contribution in [0, 0.1) is 0 Å². The van der Waals surface area contributed by atoms with Gasteiger partial charge in [-0.05, 0) is 49.1 Å². The van der Waals surface area contributed by atoms with Crippen LogP contribution in [0.15, 0.2) is 60.7 Å². The van der Waals surface area contributed by atoms with Gasteiger partial charge in [0.15, 0.2) is 0 Å². The number of hydrogen-bond donors (Lipinski definition) is 1. The van der Waals surface area contributed by atoms with Gasteiger partial charge in [-0.1, -0.05) is 60.7 Å². The lowest BCUT2D eigenvalue weighted by atomic mass is 9.83. The topological polar surface area (TPSA) is 64.8 Å². The summed E-state index contributed by atoms with van der Waals surface area (Å²) < 4.78 is 11.8. The predicted octanol–water partition coefficient (Wildman–Crippen LogP) is 4.47. The smallest absolute Gasteiger partial charge is 0.410 e. The molecule has 1 saturated carbocycles. The van der Waals surface area contributed by atoms with E-state index < -0.39 is 0 Å². The molecule has 160 valence electrons. The zero-order valence-corrected chi connectivity index (χ0v) is 17.5. The first-order chi connectivity index (χ1) is 14.7. The van der Waals surface area contributed by atoms with Gasteiger partial charge in [-0.2, -0.15) is 0 Å². The van der Waals surface area contributed by atoms with E-state index in [9.17, 15) is 4.79 Å². The highest BCUT2D eigenvalue weighted by Crippen LogP contribution is 2.34. The van der Waals surface area contributed by atoms with Crippen molar-refractivity contribution in [2.45, 2.75) is 62.8 Å². The Morgan fingerprint density at radius 2 is 1.60 bits per heavy atom. The average Bonchev–Trinajstić information content (AvgIpc) is 3.18. The summed E-state index contributed by atoms with van der Waals surface area (Å²) in [5.41, 5.74) is 8.71. The van der Waals surface area contributed by atoms with Crippen LogP contribution in [-0.2, 0) is 16.1 Å². The maximum Gasteiger partial charge on any atom is 0.410 e. The van der Waals surface area contributed by atoms with Crippen molar-refractivity contribution in [1.29, 1.82) is 0 Å². The number of nitrogens with two attached hydrogens (primary N) is 1. The van der Waals surface area contributed by atoms with Crippen molar-refractivity contribution in [2.24, 2.45) is 5.73 Å². The maximum absolute atomic E-state index is 12.6. The highest BCUT2D eigenvalue weighted by molar-refractivity contribution is 5.68. The summed E-state index contributed by atoms with van der Waals surface area (Å²) in [6.45, 7) is 1.40. The Morgan fingerprint density at radius 3 is 2.30 bits per heavy atom. The SMILES string of the molecule is N[C@H]1CCN(C(=O)OCc2ccccc2)C1COC1CCC(c2ccccc2)CC1. The number of ether oxygens (including phenoxy) is 2. The summed E-state index contributed by atoms with van der Waals surface area (Å²) in [5, 5.41) is 0. The van der Waals surface area contributed by atoms with E-state index in [-0.39, 0.29) is 30.9 Å². The molecule has 1 saturated heterocycles. The molecule has 0 spiro atoms. The zero-order chi connectivity index (χ0) is 20.8. The van der Waals surface area contributed by atoms with E-state index in [1.54, 1.807) is 4.90 Å². The Bertz CT molecular complexity index is 791. The Hall–Kier alpha value is -2.37. The van der Waals surface area contributed by atoms with Crippen LogP contribution in [0.5, 0.6) is 0 Å². The molecule has 2 aromatic carbocycles. The minimum Gasteiger partial charge on any atom is -0.445 e. The van der Waals surface area contributed by atoms with Crippen molar-refractivity contribution in [2.75, 3.05) is 13.2 Å². The van der Waals surface area contributed by atoms with Gasteiger partial charge < -0.3 is 20.1 Å². The molecule has 5 nitrogen and oxygen atoms in total. The molecule has 1 aliphatic carbocycles. The second-order valence-corrected chi connectivity index (χ2v) is 8.47. The molecule has 2 N–H and O–H groups in total. The molecule has 1 amide bonds. The molecule has 2 aromatic rings. The monoisotopic (exact) mass is 408 g/mol. The Morgan fingerprint density at radius 1 is 0.933 bits per heavy atom. The number of amides is 1. The van der Waals surface area contributed by atoms with E-state index in [2.05, 4.69) is 30.3 Å². The zero-order valence-electron chi connectivity index (χ0n) is 17.5. The maximum atomic E-state index is 12.6. The van der Waals surface area contributed by atoms with Crippen LogP contribution < -0.4 is 5.73 Å². The Kier molecular flexibility index (Phi) is 7.03. The standard InChI is InChI=1S/C25H32N2O3/c26-23-15-16-27(25(28)30-17-19-7-3-1-4-8-19)24(23)18-29-22-13-11-21(12-14-22)20-9-5-2-6-10-20/h1-10,21-24H,11-18,26H2/t21?,22?,23-,24?/m0/s1. The molecule has 0 aromatic heterocycles. The van der Waals surface area contributed by atoms with Gasteiger partial charge >= 0.3 is 6.09 Å². The van der Waals surface area contributed by atoms with Gasteiger partial charge in [0.1, 0.15) is 6.61 Å². The van der Waals surface area contributed by atoms with Gasteiger partial charge in [0.05, 0.1) is 18.8 Å². The van der Waals surface area contributed by atoms with Gasteiger partial charge in [0.25, 0.3) is 0 Å². The highest BCUT2D eigenvalue weighted by Gasteiger charge is 2.37. The molecule has 1 aliphatic heterocycles. The minimum atomic E-state index is -0.298. The quantitative estimate of drug-likeness (QED) is 0.766. The molecular formula is C25H32N2O3. The molecule has 4 rings (SSSR count). The van der Waals surface area contributed by atoms with Crippen LogP contribution in [0.4, 0.5) is 4.79 Å². The molecule has 5 heteroatoms. The largest absolute Gasteiger partial charge is 0.445 e. The molecule has 0 radical (unpaired) electrons. The van der Waals surface area contributed by atoms with E-state index in [0.29, 0.717) is 19.1 Å². The fraction of sp³-hybridized carbons (Fsp3) is 0.480. The summed E-state index contributed by atoms with van der Waals surface area (Å²) in [7, 11) is 0. The lowest BCUT2D eigenvalue weighted by molar-refractivity contribution is -0.00675. The first-order valence-electron chi connectivity index (χ1n) is 11.1. The fourth-order valence-corrected chi connectivity index (χ4v) is 4.64. The number of likely N-dealkylation sites (tertiary alicyclic amines) is 1. The number of carbonyl (C=O) groups is 1. The second-order valence-electron chi connectivity index (χ2n) is 8.47. The molecule has 1 unspecified atom stereocenters. The van der Waals surface area contributed by atoms with Crippen molar-refractivity contribution in [3.8, 4) is 0 Å². The number of benzene rings is 2. The third-order valence-electron chi connectivity index (χ3n) is 6.49. The van der Waals surface area contributed by atoms with Crippen molar-refractivity contribution >= 4 is 6.09 Å². The highest BCUT2D eigenvalue weighted by atomic mass is 16.6. The Balaban J connectivity index is 1.24. The van der Waals surface area contributed by atoms with Gasteiger partial charge in [0.2, 0.25) is 0 Å². The van der Waals surface area contributed by atoms with Crippen LogP contribution in [0.2, 0.25) is 0 Å². The van der Waals surface area contributed by atoms with Gasteiger partial charge in [-0.15, -0.1) is 0 Å². The number of nitrogens with zero attached hydrogens (tertiary/aromatic N) is 1. The lowest BCUT2D eigenvalue weighted by Crippen LogP contribution is -2.46. The lowest BCUT2D eigenvalue weighted by Gasteiger charge is -2.32. The molecule has 2 aliphatic rings. The van der Waals surface area contributed by atoms with Gasteiger partial charge in [0, 0.05) is 12.6 Å². The number of hydrogen-bond acceptors (Lipinski definition) is 4. The van der Waals surface area contributed by atoms with Gasteiger partial charge in [-0.3, -0.25) is 0 Å². The van der Waals surface area contributed by atoms with E-state index >= 15 is 0 Å². The summed E-state index contributed by atoms with van der Waals surface area (Å²) in [5.74, 6) is 0.629. The van der Waals surface area contributed by atoms with Crippen LogP contribution in [0.3, 0.4) is 0 Å². The van der Waals surface area contributed by atoms with Crippen LogP contribution in [-0.4, -0.2) is 42.3 Å². The fourth-order valence-electron chi connectivity index (χ4n) is 4.64. The van der Waals surface area contributed by atoms with Crippen molar-refractivity contribution < 1.29 is 14.3 Å².